The van der Waals surface area contributed by atoms with Gasteiger partial charge in [-0.3, -0.25) is 9.69 Å². The van der Waals surface area contributed by atoms with Gasteiger partial charge < -0.3 is 5.32 Å². The predicted molar refractivity (Wildman–Crippen MR) is 89.9 cm³/mol. The second-order valence-corrected chi connectivity index (χ2v) is 7.17. The van der Waals surface area contributed by atoms with Crippen LogP contribution in [0.15, 0.2) is 36.5 Å². The summed E-state index contributed by atoms with van der Waals surface area (Å²) < 4.78 is 0. The van der Waals surface area contributed by atoms with Crippen molar-refractivity contribution in [2.45, 2.75) is 45.3 Å². The van der Waals surface area contributed by atoms with Crippen molar-refractivity contribution in [3.8, 4) is 0 Å². The van der Waals surface area contributed by atoms with Crippen molar-refractivity contribution in [1.82, 2.24) is 9.88 Å². The number of hydrogen-bond donors (Lipinski definition) is 1. The molecule has 1 atom stereocenters. The van der Waals surface area contributed by atoms with Crippen molar-refractivity contribution >= 4 is 23.1 Å². The van der Waals surface area contributed by atoms with E-state index in [1.54, 1.807) is 6.20 Å². The van der Waals surface area contributed by atoms with E-state index in [-0.39, 0.29) is 11.9 Å². The Balaban J connectivity index is 1.67. The lowest BCUT2D eigenvalue weighted by atomic mass is 10.2. The first-order valence-electron chi connectivity index (χ1n) is 7.66. The van der Waals surface area contributed by atoms with Gasteiger partial charge in [-0.05, 0) is 51.0 Å². The molecule has 0 saturated heterocycles. The van der Waals surface area contributed by atoms with Crippen LogP contribution in [-0.4, -0.2) is 27.9 Å². The van der Waals surface area contributed by atoms with E-state index in [9.17, 15) is 4.79 Å². The van der Waals surface area contributed by atoms with Gasteiger partial charge in [0.15, 0.2) is 0 Å². The van der Waals surface area contributed by atoms with Crippen LogP contribution in [0.2, 0.25) is 0 Å². The minimum atomic E-state index is -0.156. The zero-order valence-electron chi connectivity index (χ0n) is 13.0. The summed E-state index contributed by atoms with van der Waals surface area (Å²) in [7, 11) is 0. The van der Waals surface area contributed by atoms with Gasteiger partial charge in [-0.1, -0.05) is 6.07 Å². The van der Waals surface area contributed by atoms with E-state index in [2.05, 4.69) is 34.3 Å². The molecule has 0 unspecified atom stereocenters. The third kappa shape index (κ3) is 3.72. The smallest absolute Gasteiger partial charge is 0.242 e. The fourth-order valence-electron chi connectivity index (χ4n) is 2.56. The molecular formula is C17H21N3OS. The lowest BCUT2D eigenvalue weighted by Crippen LogP contribution is -2.42. The van der Waals surface area contributed by atoms with Crippen LogP contribution in [-0.2, 0) is 11.3 Å². The molecule has 1 fully saturated rings. The lowest BCUT2D eigenvalue weighted by Gasteiger charge is -2.27. The van der Waals surface area contributed by atoms with Gasteiger partial charge >= 0.3 is 0 Å². The Hall–Kier alpha value is -1.72. The summed E-state index contributed by atoms with van der Waals surface area (Å²) in [5, 5.41) is 2.91. The summed E-state index contributed by atoms with van der Waals surface area (Å²) in [5.74, 6) is 0.626. The highest BCUT2D eigenvalue weighted by molar-refractivity contribution is 7.11. The molecule has 1 aliphatic rings. The average Bonchev–Trinajstić information content (AvgIpc) is 3.28. The van der Waals surface area contributed by atoms with Gasteiger partial charge in [-0.15, -0.1) is 11.3 Å². The third-order valence-electron chi connectivity index (χ3n) is 3.94. The Labute approximate surface area is 135 Å². The van der Waals surface area contributed by atoms with Crippen LogP contribution in [0.1, 0.15) is 29.5 Å². The van der Waals surface area contributed by atoms with Crippen molar-refractivity contribution in [1.29, 1.82) is 0 Å². The number of aromatic nitrogens is 1. The second-order valence-electron chi connectivity index (χ2n) is 5.80. The standard InChI is InChI=1S/C17H21N3OS/c1-12-6-9-15(22-12)11-20(14-7-8-14)13(2)17(21)19-16-5-3-4-10-18-16/h3-6,9-10,13-14H,7-8,11H2,1-2H3,(H,18,19,21)/t13-/m1/s1. The quantitative estimate of drug-likeness (QED) is 0.888. The van der Waals surface area contributed by atoms with Gasteiger partial charge in [0.05, 0.1) is 6.04 Å². The Bertz CT molecular complexity index is 636. The molecule has 4 nitrogen and oxygen atoms in total. The van der Waals surface area contributed by atoms with Crippen LogP contribution in [0.3, 0.4) is 0 Å². The molecule has 116 valence electrons. The fraction of sp³-hybridized carbons (Fsp3) is 0.412. The van der Waals surface area contributed by atoms with Crippen LogP contribution in [0.5, 0.6) is 0 Å². The zero-order valence-corrected chi connectivity index (χ0v) is 13.8. The molecule has 2 heterocycles. The monoisotopic (exact) mass is 315 g/mol. The maximum atomic E-state index is 12.5. The number of anilines is 1. The van der Waals surface area contributed by atoms with Crippen molar-refractivity contribution in [2.75, 3.05) is 5.32 Å². The molecule has 1 aliphatic carbocycles. The number of aryl methyl sites for hydroxylation is 1. The first-order valence-corrected chi connectivity index (χ1v) is 8.48. The molecule has 1 N–H and O–H groups in total. The molecule has 0 bridgehead atoms. The molecular weight excluding hydrogens is 294 g/mol. The lowest BCUT2D eigenvalue weighted by molar-refractivity contribution is -0.121. The van der Waals surface area contributed by atoms with Gasteiger partial charge in [0, 0.05) is 28.5 Å². The average molecular weight is 315 g/mol. The van der Waals surface area contributed by atoms with Gasteiger partial charge in [0.2, 0.25) is 5.91 Å². The van der Waals surface area contributed by atoms with Crippen LogP contribution in [0.25, 0.3) is 0 Å². The highest BCUT2D eigenvalue weighted by Gasteiger charge is 2.35. The molecule has 0 radical (unpaired) electrons. The van der Waals surface area contributed by atoms with E-state index in [1.807, 2.05) is 36.5 Å². The van der Waals surface area contributed by atoms with E-state index < -0.39 is 0 Å². The highest BCUT2D eigenvalue weighted by atomic mass is 32.1. The molecule has 2 aromatic heterocycles. The minimum absolute atomic E-state index is 0.0129. The Morgan fingerprint density at radius 3 is 2.82 bits per heavy atom. The van der Waals surface area contributed by atoms with E-state index in [1.165, 1.54) is 22.6 Å². The molecule has 0 spiro atoms. The fourth-order valence-corrected chi connectivity index (χ4v) is 3.46. The minimum Gasteiger partial charge on any atom is -0.309 e. The van der Waals surface area contributed by atoms with Gasteiger partial charge in [-0.2, -0.15) is 0 Å². The van der Waals surface area contributed by atoms with E-state index in [4.69, 9.17) is 0 Å². The number of thiophene rings is 1. The largest absolute Gasteiger partial charge is 0.309 e. The third-order valence-corrected chi connectivity index (χ3v) is 4.93. The first kappa shape index (κ1) is 15.2. The summed E-state index contributed by atoms with van der Waals surface area (Å²) >= 11 is 1.81. The number of hydrogen-bond acceptors (Lipinski definition) is 4. The first-order chi connectivity index (χ1) is 10.6. The molecule has 22 heavy (non-hydrogen) atoms. The van der Waals surface area contributed by atoms with Crippen LogP contribution in [0, 0.1) is 6.92 Å². The zero-order chi connectivity index (χ0) is 15.5. The van der Waals surface area contributed by atoms with Gasteiger partial charge in [-0.25, -0.2) is 4.98 Å². The number of nitrogens with zero attached hydrogens (tertiary/aromatic N) is 2. The molecule has 0 aliphatic heterocycles. The van der Waals surface area contributed by atoms with E-state index in [0.717, 1.165) is 6.54 Å². The number of carbonyl (C=O) groups is 1. The number of rotatable bonds is 6. The maximum Gasteiger partial charge on any atom is 0.242 e. The number of amides is 1. The van der Waals surface area contributed by atoms with Gasteiger partial charge in [0.25, 0.3) is 0 Å². The van der Waals surface area contributed by atoms with Gasteiger partial charge in [0.1, 0.15) is 5.82 Å². The SMILES string of the molecule is Cc1ccc(CN(C2CC2)[C@H](C)C(=O)Nc2ccccn2)s1. The summed E-state index contributed by atoms with van der Waals surface area (Å²) in [6, 6.07) is 10.2. The Morgan fingerprint density at radius 1 is 1.41 bits per heavy atom. The summed E-state index contributed by atoms with van der Waals surface area (Å²) in [6.45, 7) is 4.95. The molecule has 1 amide bonds. The normalized spacial score (nSPS) is 15.8. The molecule has 2 aromatic rings. The molecule has 3 rings (SSSR count). The number of carbonyl (C=O) groups excluding carboxylic acids is 1. The molecule has 5 heteroatoms. The highest BCUT2D eigenvalue weighted by Crippen LogP contribution is 2.31. The predicted octanol–water partition coefficient (Wildman–Crippen LogP) is 3.44. The van der Waals surface area contributed by atoms with Crippen LogP contribution < -0.4 is 5.32 Å². The van der Waals surface area contributed by atoms with Crippen molar-refractivity contribution in [3.63, 3.8) is 0 Å². The summed E-state index contributed by atoms with van der Waals surface area (Å²) in [4.78, 5) is 21.6. The Morgan fingerprint density at radius 2 is 2.23 bits per heavy atom. The maximum absolute atomic E-state index is 12.5. The topological polar surface area (TPSA) is 45.2 Å². The van der Waals surface area contributed by atoms with Crippen molar-refractivity contribution < 1.29 is 4.79 Å². The van der Waals surface area contributed by atoms with Crippen LogP contribution >= 0.6 is 11.3 Å². The summed E-state index contributed by atoms with van der Waals surface area (Å²) in [5.41, 5.74) is 0. The van der Waals surface area contributed by atoms with Crippen LogP contribution in [0.4, 0.5) is 5.82 Å². The summed E-state index contributed by atoms with van der Waals surface area (Å²) in [6.07, 6.45) is 4.06. The number of pyridine rings is 1. The van der Waals surface area contributed by atoms with E-state index >= 15 is 0 Å². The van der Waals surface area contributed by atoms with E-state index in [0.29, 0.717) is 11.9 Å². The molecule has 0 aromatic carbocycles. The number of nitrogens with one attached hydrogen (secondary N) is 1. The van der Waals surface area contributed by atoms with Crippen molar-refractivity contribution in [3.05, 3.63) is 46.3 Å². The Kier molecular flexibility index (Phi) is 4.55. The molecule has 1 saturated carbocycles. The van der Waals surface area contributed by atoms with Crippen molar-refractivity contribution in [2.24, 2.45) is 0 Å². The second kappa shape index (κ2) is 6.58.